The zero-order valence-corrected chi connectivity index (χ0v) is 16.6. The molecule has 1 aromatic rings. The molecule has 5 heteroatoms. The predicted molar refractivity (Wildman–Crippen MR) is 108 cm³/mol. The number of aliphatic imine (C=N–C) groups is 1. The lowest BCUT2D eigenvalue weighted by Crippen LogP contribution is -2.43. The van der Waals surface area contributed by atoms with E-state index in [9.17, 15) is 0 Å². The number of rotatable bonds is 10. The number of hydrogen-bond acceptors (Lipinski definition) is 3. The molecule has 0 radical (unpaired) electrons. The van der Waals surface area contributed by atoms with E-state index in [0.717, 1.165) is 64.6 Å². The number of benzene rings is 1. The topological polar surface area (TPSA) is 54.9 Å². The van der Waals surface area contributed by atoms with Gasteiger partial charge < -0.3 is 20.1 Å². The molecule has 0 spiro atoms. The third-order valence-corrected chi connectivity index (χ3v) is 4.57. The predicted octanol–water partition coefficient (Wildman–Crippen LogP) is 3.01. The van der Waals surface area contributed by atoms with Crippen molar-refractivity contribution < 1.29 is 9.47 Å². The highest BCUT2D eigenvalue weighted by Gasteiger charge is 2.19. The van der Waals surface area contributed by atoms with Crippen LogP contribution in [0.3, 0.4) is 0 Å². The van der Waals surface area contributed by atoms with E-state index in [4.69, 9.17) is 9.47 Å². The van der Waals surface area contributed by atoms with E-state index in [0.29, 0.717) is 6.10 Å². The summed E-state index contributed by atoms with van der Waals surface area (Å²) in [7, 11) is 1.81. The van der Waals surface area contributed by atoms with Gasteiger partial charge in [0.2, 0.25) is 0 Å². The molecule has 1 aromatic carbocycles. The van der Waals surface area contributed by atoms with Crippen LogP contribution in [-0.2, 0) is 15.9 Å². The average Bonchev–Trinajstić information content (AvgIpc) is 3.14. The van der Waals surface area contributed by atoms with Crippen LogP contribution in [0.5, 0.6) is 0 Å². The van der Waals surface area contributed by atoms with Crippen LogP contribution < -0.4 is 10.6 Å². The highest BCUT2D eigenvalue weighted by atomic mass is 16.5. The first-order chi connectivity index (χ1) is 12.6. The Labute approximate surface area is 158 Å². The molecule has 146 valence electrons. The van der Waals surface area contributed by atoms with Crippen LogP contribution >= 0.6 is 0 Å². The molecule has 1 aliphatic heterocycles. The first-order valence-electron chi connectivity index (χ1n) is 9.77. The van der Waals surface area contributed by atoms with Gasteiger partial charge in [-0.15, -0.1) is 0 Å². The maximum absolute atomic E-state index is 5.69. The second-order valence-corrected chi connectivity index (χ2v) is 7.74. The van der Waals surface area contributed by atoms with Crippen molar-refractivity contribution in [3.05, 3.63) is 35.9 Å². The molecule has 5 nitrogen and oxygen atoms in total. The lowest BCUT2D eigenvalue weighted by molar-refractivity contribution is 0.0168. The SMILES string of the molecule is CN=C(NCCCOCC1CCCO1)NCC(C)(C)Cc1ccccc1. The smallest absolute Gasteiger partial charge is 0.190 e. The van der Waals surface area contributed by atoms with Gasteiger partial charge in [-0.2, -0.15) is 0 Å². The number of nitrogens with zero attached hydrogens (tertiary/aromatic N) is 1. The van der Waals surface area contributed by atoms with Crippen LogP contribution in [-0.4, -0.2) is 52.0 Å². The second-order valence-electron chi connectivity index (χ2n) is 7.74. The molecule has 0 bridgehead atoms. The molecule has 0 aliphatic carbocycles. The largest absolute Gasteiger partial charge is 0.379 e. The summed E-state index contributed by atoms with van der Waals surface area (Å²) in [6.45, 7) is 8.64. The molecule has 1 atom stereocenters. The molecule has 26 heavy (non-hydrogen) atoms. The van der Waals surface area contributed by atoms with Crippen molar-refractivity contribution in [2.75, 3.05) is 40.0 Å². The summed E-state index contributed by atoms with van der Waals surface area (Å²) in [5.41, 5.74) is 1.52. The highest BCUT2D eigenvalue weighted by molar-refractivity contribution is 5.79. The van der Waals surface area contributed by atoms with E-state index in [1.54, 1.807) is 0 Å². The van der Waals surface area contributed by atoms with Crippen LogP contribution in [0.4, 0.5) is 0 Å². The number of nitrogens with one attached hydrogen (secondary N) is 2. The van der Waals surface area contributed by atoms with Crippen LogP contribution in [0.1, 0.15) is 38.7 Å². The van der Waals surface area contributed by atoms with Crippen molar-refractivity contribution in [1.82, 2.24) is 10.6 Å². The van der Waals surface area contributed by atoms with Gasteiger partial charge in [-0.3, -0.25) is 4.99 Å². The maximum atomic E-state index is 5.69. The minimum Gasteiger partial charge on any atom is -0.379 e. The van der Waals surface area contributed by atoms with Gasteiger partial charge in [0.25, 0.3) is 0 Å². The lowest BCUT2D eigenvalue weighted by Gasteiger charge is -2.26. The number of hydrogen-bond donors (Lipinski definition) is 2. The molecule has 1 saturated heterocycles. The van der Waals surface area contributed by atoms with Crippen molar-refractivity contribution in [1.29, 1.82) is 0 Å². The molecule has 1 aliphatic rings. The Balaban J connectivity index is 1.57. The van der Waals surface area contributed by atoms with E-state index in [1.165, 1.54) is 5.56 Å². The van der Waals surface area contributed by atoms with Crippen LogP contribution in [0, 0.1) is 5.41 Å². The summed E-state index contributed by atoms with van der Waals surface area (Å²) >= 11 is 0. The van der Waals surface area contributed by atoms with Crippen molar-refractivity contribution in [3.8, 4) is 0 Å². The summed E-state index contributed by atoms with van der Waals surface area (Å²) in [5.74, 6) is 0.852. The van der Waals surface area contributed by atoms with Crippen molar-refractivity contribution in [3.63, 3.8) is 0 Å². The van der Waals surface area contributed by atoms with Gasteiger partial charge in [-0.05, 0) is 36.7 Å². The molecule has 2 N–H and O–H groups in total. The summed E-state index contributed by atoms with van der Waals surface area (Å²) in [6, 6.07) is 10.6. The minimum atomic E-state index is 0.156. The van der Waals surface area contributed by atoms with Gasteiger partial charge >= 0.3 is 0 Å². The Hall–Kier alpha value is -1.59. The lowest BCUT2D eigenvalue weighted by atomic mass is 9.86. The highest BCUT2D eigenvalue weighted by Crippen LogP contribution is 2.20. The zero-order chi connectivity index (χ0) is 18.7. The fourth-order valence-electron chi connectivity index (χ4n) is 3.13. The number of ether oxygens (including phenoxy) is 2. The Morgan fingerprint density at radius 3 is 2.77 bits per heavy atom. The van der Waals surface area contributed by atoms with Crippen molar-refractivity contribution in [2.24, 2.45) is 10.4 Å². The monoisotopic (exact) mass is 361 g/mol. The van der Waals surface area contributed by atoms with Gasteiger partial charge in [0.05, 0.1) is 12.7 Å². The van der Waals surface area contributed by atoms with Gasteiger partial charge in [-0.25, -0.2) is 0 Å². The van der Waals surface area contributed by atoms with E-state index in [1.807, 2.05) is 7.05 Å². The summed E-state index contributed by atoms with van der Waals surface area (Å²) in [6.07, 6.45) is 4.60. The number of guanidine groups is 1. The molecule has 2 rings (SSSR count). The quantitative estimate of drug-likeness (QED) is 0.382. The fourth-order valence-corrected chi connectivity index (χ4v) is 3.13. The first kappa shape index (κ1) is 20.7. The van der Waals surface area contributed by atoms with Gasteiger partial charge in [-0.1, -0.05) is 44.2 Å². The van der Waals surface area contributed by atoms with Gasteiger partial charge in [0, 0.05) is 33.4 Å². The van der Waals surface area contributed by atoms with Crippen molar-refractivity contribution in [2.45, 2.75) is 45.6 Å². The van der Waals surface area contributed by atoms with Gasteiger partial charge in [0.15, 0.2) is 5.96 Å². The summed E-state index contributed by atoms with van der Waals surface area (Å²) in [5, 5.41) is 6.81. The fraction of sp³-hybridized carbons (Fsp3) is 0.667. The molecular weight excluding hydrogens is 326 g/mol. The van der Waals surface area contributed by atoms with Crippen LogP contribution in [0.15, 0.2) is 35.3 Å². The van der Waals surface area contributed by atoms with Crippen LogP contribution in [0.2, 0.25) is 0 Å². The molecule has 0 amide bonds. The Morgan fingerprint density at radius 2 is 2.08 bits per heavy atom. The summed E-state index contributed by atoms with van der Waals surface area (Å²) < 4.78 is 11.2. The van der Waals surface area contributed by atoms with E-state index < -0.39 is 0 Å². The van der Waals surface area contributed by atoms with Crippen molar-refractivity contribution >= 4 is 5.96 Å². The molecule has 1 fully saturated rings. The van der Waals surface area contributed by atoms with Gasteiger partial charge in [0.1, 0.15) is 0 Å². The maximum Gasteiger partial charge on any atom is 0.190 e. The molecule has 0 saturated carbocycles. The summed E-state index contributed by atoms with van der Waals surface area (Å²) in [4.78, 5) is 4.31. The molecule has 0 aromatic heterocycles. The first-order valence-corrected chi connectivity index (χ1v) is 9.77. The zero-order valence-electron chi connectivity index (χ0n) is 16.6. The second kappa shape index (κ2) is 11.2. The third-order valence-electron chi connectivity index (χ3n) is 4.57. The Bertz CT molecular complexity index is 525. The standard InChI is InChI=1S/C21H35N3O2/c1-21(2,15-18-9-5-4-6-10-18)17-24-20(22-3)23-12-8-13-25-16-19-11-7-14-26-19/h4-6,9-10,19H,7-8,11-17H2,1-3H3,(H2,22,23,24). The van der Waals surface area contributed by atoms with E-state index >= 15 is 0 Å². The van der Waals surface area contributed by atoms with Crippen LogP contribution in [0.25, 0.3) is 0 Å². The van der Waals surface area contributed by atoms with E-state index in [2.05, 4.69) is 59.8 Å². The third kappa shape index (κ3) is 8.19. The normalized spacial score (nSPS) is 18.1. The Kier molecular flexibility index (Phi) is 8.92. The minimum absolute atomic E-state index is 0.156. The molecule has 1 unspecified atom stereocenters. The molecular formula is C21H35N3O2. The molecule has 1 heterocycles. The Morgan fingerprint density at radius 1 is 1.27 bits per heavy atom. The average molecular weight is 362 g/mol. The van der Waals surface area contributed by atoms with E-state index in [-0.39, 0.29) is 5.41 Å².